The van der Waals surface area contributed by atoms with Crippen LogP contribution in [0.5, 0.6) is 0 Å². The molecule has 0 aliphatic carbocycles. The van der Waals surface area contributed by atoms with Crippen LogP contribution in [-0.4, -0.2) is 23.1 Å². The van der Waals surface area contributed by atoms with E-state index in [0.717, 1.165) is 24.6 Å². The van der Waals surface area contributed by atoms with Gasteiger partial charge in [-0.05, 0) is 30.5 Å². The van der Waals surface area contributed by atoms with Crippen molar-refractivity contribution in [2.45, 2.75) is 39.8 Å². The number of aromatic nitrogens is 1. The van der Waals surface area contributed by atoms with Gasteiger partial charge in [0.1, 0.15) is 12.3 Å². The van der Waals surface area contributed by atoms with Gasteiger partial charge in [-0.15, -0.1) is 0 Å². The fourth-order valence-electron chi connectivity index (χ4n) is 2.73. The van der Waals surface area contributed by atoms with Gasteiger partial charge in [-0.1, -0.05) is 50.1 Å². The number of rotatable bonds is 5. The molecular weight excluding hydrogens is 272 g/mol. The molecule has 2 unspecified atom stereocenters. The van der Waals surface area contributed by atoms with Crippen LogP contribution in [-0.2, 0) is 11.3 Å². The van der Waals surface area contributed by atoms with Gasteiger partial charge >= 0.3 is 0 Å². The molecule has 2 aromatic rings. The van der Waals surface area contributed by atoms with Crippen molar-refractivity contribution in [2.75, 3.05) is 6.61 Å². The van der Waals surface area contributed by atoms with E-state index < -0.39 is 0 Å². The molecule has 0 bridgehead atoms. The van der Waals surface area contributed by atoms with Gasteiger partial charge in [-0.2, -0.15) is 0 Å². The summed E-state index contributed by atoms with van der Waals surface area (Å²) in [6, 6.07) is 13.1. The lowest BCUT2D eigenvalue weighted by atomic mass is 10.0. The molecule has 1 aliphatic heterocycles. The van der Waals surface area contributed by atoms with Crippen LogP contribution in [0.2, 0.25) is 0 Å². The van der Waals surface area contributed by atoms with Crippen molar-refractivity contribution >= 4 is 5.90 Å². The third-order valence-electron chi connectivity index (χ3n) is 4.50. The zero-order valence-corrected chi connectivity index (χ0v) is 13.6. The van der Waals surface area contributed by atoms with Crippen LogP contribution in [0, 0.1) is 12.8 Å². The standard InChI is InChI=1S/C19H24N2O/c1-4-15(3)17-13-22-19(20-17)18-6-5-11-21(18)12-16-9-7-14(2)8-10-16/h5-11,15,17H,4,12-13H2,1-3H3. The third kappa shape index (κ3) is 3.08. The Bertz CT molecular complexity index is 654. The second-order valence-corrected chi connectivity index (χ2v) is 6.21. The molecule has 2 heterocycles. The molecule has 0 saturated heterocycles. The summed E-state index contributed by atoms with van der Waals surface area (Å²) < 4.78 is 8.07. The Balaban J connectivity index is 1.79. The van der Waals surface area contributed by atoms with Crippen LogP contribution < -0.4 is 0 Å². The first-order valence-corrected chi connectivity index (χ1v) is 8.09. The Labute approximate surface area is 132 Å². The third-order valence-corrected chi connectivity index (χ3v) is 4.50. The highest BCUT2D eigenvalue weighted by Gasteiger charge is 2.25. The van der Waals surface area contributed by atoms with Crippen molar-refractivity contribution in [1.82, 2.24) is 4.57 Å². The smallest absolute Gasteiger partial charge is 0.233 e. The average molecular weight is 296 g/mol. The van der Waals surface area contributed by atoms with Crippen molar-refractivity contribution in [3.8, 4) is 0 Å². The lowest BCUT2D eigenvalue weighted by Gasteiger charge is -2.11. The molecule has 1 aromatic carbocycles. The molecule has 22 heavy (non-hydrogen) atoms. The molecule has 3 rings (SSSR count). The van der Waals surface area contributed by atoms with Gasteiger partial charge < -0.3 is 9.30 Å². The lowest BCUT2D eigenvalue weighted by Crippen LogP contribution is -2.16. The van der Waals surface area contributed by atoms with Crippen molar-refractivity contribution in [1.29, 1.82) is 0 Å². The molecule has 3 nitrogen and oxygen atoms in total. The van der Waals surface area contributed by atoms with Gasteiger partial charge in [-0.3, -0.25) is 0 Å². The SMILES string of the molecule is CCC(C)C1COC(c2cccn2Cc2ccc(C)cc2)=N1. The molecule has 116 valence electrons. The van der Waals surface area contributed by atoms with E-state index in [0.29, 0.717) is 18.6 Å². The van der Waals surface area contributed by atoms with Gasteiger partial charge in [0.2, 0.25) is 5.90 Å². The van der Waals surface area contributed by atoms with E-state index >= 15 is 0 Å². The molecule has 0 radical (unpaired) electrons. The molecule has 2 atom stereocenters. The van der Waals surface area contributed by atoms with Crippen molar-refractivity contribution in [3.05, 3.63) is 59.4 Å². The fraction of sp³-hybridized carbons (Fsp3) is 0.421. The average Bonchev–Trinajstić information content (AvgIpc) is 3.17. The van der Waals surface area contributed by atoms with Gasteiger partial charge in [0, 0.05) is 12.7 Å². The van der Waals surface area contributed by atoms with E-state index in [1.165, 1.54) is 11.1 Å². The Morgan fingerprint density at radius 1 is 1.27 bits per heavy atom. The summed E-state index contributed by atoms with van der Waals surface area (Å²) in [5.74, 6) is 1.36. The van der Waals surface area contributed by atoms with Crippen LogP contribution in [0.15, 0.2) is 47.6 Å². The summed E-state index contributed by atoms with van der Waals surface area (Å²) in [6.07, 6.45) is 3.23. The van der Waals surface area contributed by atoms with E-state index in [-0.39, 0.29) is 0 Å². The van der Waals surface area contributed by atoms with Crippen LogP contribution in [0.3, 0.4) is 0 Å². The van der Waals surface area contributed by atoms with Crippen LogP contribution >= 0.6 is 0 Å². The van der Waals surface area contributed by atoms with Gasteiger partial charge in [0.05, 0.1) is 6.04 Å². The van der Waals surface area contributed by atoms with E-state index in [1.807, 2.05) is 0 Å². The second kappa shape index (κ2) is 6.39. The number of benzene rings is 1. The number of nitrogens with zero attached hydrogens (tertiary/aromatic N) is 2. The number of ether oxygens (including phenoxy) is 1. The zero-order valence-electron chi connectivity index (χ0n) is 13.6. The minimum atomic E-state index is 0.294. The highest BCUT2D eigenvalue weighted by molar-refractivity contribution is 5.93. The predicted octanol–water partition coefficient (Wildman–Crippen LogP) is 4.04. The minimum absolute atomic E-state index is 0.294. The Morgan fingerprint density at radius 3 is 2.77 bits per heavy atom. The second-order valence-electron chi connectivity index (χ2n) is 6.21. The lowest BCUT2D eigenvalue weighted by molar-refractivity contribution is 0.281. The normalized spacial score (nSPS) is 18.9. The first-order valence-electron chi connectivity index (χ1n) is 8.09. The highest BCUT2D eigenvalue weighted by atomic mass is 16.5. The molecule has 1 aliphatic rings. The molecule has 0 spiro atoms. The first kappa shape index (κ1) is 14.9. The maximum absolute atomic E-state index is 5.86. The Hall–Kier alpha value is -2.03. The summed E-state index contributed by atoms with van der Waals surface area (Å²) in [5, 5.41) is 0. The number of aliphatic imine (C=N–C) groups is 1. The maximum Gasteiger partial charge on any atom is 0.233 e. The van der Waals surface area contributed by atoms with Crippen molar-refractivity contribution in [3.63, 3.8) is 0 Å². The molecule has 0 fully saturated rings. The molecule has 0 amide bonds. The molecular formula is C19H24N2O. The van der Waals surface area contributed by atoms with Crippen LogP contribution in [0.1, 0.15) is 37.1 Å². The number of hydrogen-bond acceptors (Lipinski definition) is 2. The van der Waals surface area contributed by atoms with E-state index in [2.05, 4.69) is 67.9 Å². The summed E-state index contributed by atoms with van der Waals surface area (Å²) in [4.78, 5) is 4.79. The summed E-state index contributed by atoms with van der Waals surface area (Å²) in [5.41, 5.74) is 3.66. The van der Waals surface area contributed by atoms with Crippen molar-refractivity contribution < 1.29 is 4.74 Å². The van der Waals surface area contributed by atoms with Gasteiger partial charge in [0.25, 0.3) is 0 Å². The predicted molar refractivity (Wildman–Crippen MR) is 90.4 cm³/mol. The van der Waals surface area contributed by atoms with Gasteiger partial charge in [0.15, 0.2) is 0 Å². The van der Waals surface area contributed by atoms with E-state index in [9.17, 15) is 0 Å². The molecule has 3 heteroatoms. The van der Waals surface area contributed by atoms with Crippen LogP contribution in [0.25, 0.3) is 0 Å². The monoisotopic (exact) mass is 296 g/mol. The maximum atomic E-state index is 5.86. The van der Waals surface area contributed by atoms with E-state index in [1.54, 1.807) is 0 Å². The first-order chi connectivity index (χ1) is 10.7. The molecule has 0 N–H and O–H groups in total. The number of aryl methyl sites for hydroxylation is 1. The van der Waals surface area contributed by atoms with Crippen molar-refractivity contribution in [2.24, 2.45) is 10.9 Å². The largest absolute Gasteiger partial charge is 0.474 e. The quantitative estimate of drug-likeness (QED) is 0.818. The minimum Gasteiger partial charge on any atom is -0.474 e. The Morgan fingerprint density at radius 2 is 2.05 bits per heavy atom. The molecule has 0 saturated carbocycles. The zero-order chi connectivity index (χ0) is 15.5. The van der Waals surface area contributed by atoms with E-state index in [4.69, 9.17) is 9.73 Å². The summed E-state index contributed by atoms with van der Waals surface area (Å²) in [7, 11) is 0. The topological polar surface area (TPSA) is 26.5 Å². The molecule has 1 aromatic heterocycles. The fourth-order valence-corrected chi connectivity index (χ4v) is 2.73. The highest BCUT2D eigenvalue weighted by Crippen LogP contribution is 2.21. The number of hydrogen-bond donors (Lipinski definition) is 0. The summed E-state index contributed by atoms with van der Waals surface area (Å²) in [6.45, 7) is 8.12. The van der Waals surface area contributed by atoms with Gasteiger partial charge in [-0.25, -0.2) is 4.99 Å². The Kier molecular flexibility index (Phi) is 4.32. The van der Waals surface area contributed by atoms with Crippen LogP contribution in [0.4, 0.5) is 0 Å². The summed E-state index contributed by atoms with van der Waals surface area (Å²) >= 11 is 0.